The third-order valence-corrected chi connectivity index (χ3v) is 8.12. The van der Waals surface area contributed by atoms with Gasteiger partial charge in [0.25, 0.3) is 0 Å². The Bertz CT molecular complexity index is 1570. The maximum atomic E-state index is 11.6. The zero-order valence-electron chi connectivity index (χ0n) is 21.3. The summed E-state index contributed by atoms with van der Waals surface area (Å²) in [6.45, 7) is 2.52. The van der Waals surface area contributed by atoms with Gasteiger partial charge in [-0.25, -0.2) is 0 Å². The molecule has 2 aliphatic rings. The van der Waals surface area contributed by atoms with E-state index in [2.05, 4.69) is 6.07 Å². The Hall–Kier alpha value is -3.99. The summed E-state index contributed by atoms with van der Waals surface area (Å²) in [5.74, 6) is 0.682. The number of nitriles is 1. The van der Waals surface area contributed by atoms with Crippen molar-refractivity contribution in [2.45, 2.75) is 50.2 Å². The van der Waals surface area contributed by atoms with Crippen molar-refractivity contribution >= 4 is 10.8 Å². The smallest absolute Gasteiger partial charge is 0.205 e. The standard InChI is InChI=1S/C31H30N2O5/c1-30-14-15-31(38-30,16-18-37-22-11-8-20(9-12-22)5-4-17-34)27-26(30)28(35)33(29(27)36)25-13-10-21(19-32)23-6-2-3-7-24(23)25/h2-3,6-13,34-36H,4-5,14-18H2,1H3/t30-,31-/m1/s1. The van der Waals surface area contributed by atoms with Gasteiger partial charge in [-0.1, -0.05) is 36.4 Å². The second-order valence-electron chi connectivity index (χ2n) is 10.4. The molecule has 194 valence electrons. The molecular formula is C31H30N2O5. The van der Waals surface area contributed by atoms with Gasteiger partial charge in [0.05, 0.1) is 40.7 Å². The summed E-state index contributed by atoms with van der Waals surface area (Å²) in [5.41, 5.74) is 2.08. The normalized spacial score (nSPS) is 21.5. The molecule has 1 fully saturated rings. The SMILES string of the molecule is C[C@]12CC[C@](CCOc3ccc(CCCO)cc3)(O1)c1c2c(O)n(-c2ccc(C#N)c3ccccc23)c1O. The lowest BCUT2D eigenvalue weighted by Gasteiger charge is -2.26. The molecule has 3 aromatic carbocycles. The predicted molar refractivity (Wildman–Crippen MR) is 143 cm³/mol. The Labute approximate surface area is 221 Å². The molecule has 0 unspecified atom stereocenters. The lowest BCUT2D eigenvalue weighted by atomic mass is 9.78. The molecule has 0 aliphatic carbocycles. The van der Waals surface area contributed by atoms with Crippen LogP contribution in [0.15, 0.2) is 60.7 Å². The molecule has 38 heavy (non-hydrogen) atoms. The van der Waals surface area contributed by atoms with Crippen molar-refractivity contribution in [3.05, 3.63) is 82.9 Å². The Balaban J connectivity index is 1.33. The predicted octanol–water partition coefficient (Wildman–Crippen LogP) is 5.54. The maximum Gasteiger partial charge on any atom is 0.205 e. The average Bonchev–Trinajstić information content (AvgIpc) is 3.51. The monoisotopic (exact) mass is 510 g/mol. The number of aromatic hydroxyl groups is 2. The van der Waals surface area contributed by atoms with Gasteiger partial charge >= 0.3 is 0 Å². The number of hydrogen-bond acceptors (Lipinski definition) is 6. The van der Waals surface area contributed by atoms with Gasteiger partial charge in [0.1, 0.15) is 11.4 Å². The number of benzene rings is 3. The number of aromatic nitrogens is 1. The molecule has 2 atom stereocenters. The quantitative estimate of drug-likeness (QED) is 0.287. The first-order valence-corrected chi connectivity index (χ1v) is 13.0. The summed E-state index contributed by atoms with van der Waals surface area (Å²) in [4.78, 5) is 0. The van der Waals surface area contributed by atoms with Gasteiger partial charge in [0.15, 0.2) is 0 Å². The van der Waals surface area contributed by atoms with Crippen LogP contribution in [-0.4, -0.2) is 33.1 Å². The van der Waals surface area contributed by atoms with E-state index in [-0.39, 0.29) is 18.4 Å². The fraction of sp³-hybridized carbons (Fsp3) is 0.323. The molecule has 6 rings (SSSR count). The van der Waals surface area contributed by atoms with E-state index < -0.39 is 11.2 Å². The third kappa shape index (κ3) is 3.64. The van der Waals surface area contributed by atoms with Crippen molar-refractivity contribution in [1.29, 1.82) is 5.26 Å². The van der Waals surface area contributed by atoms with Gasteiger partial charge in [-0.2, -0.15) is 5.26 Å². The number of ether oxygens (including phenoxy) is 2. The van der Waals surface area contributed by atoms with Crippen LogP contribution >= 0.6 is 0 Å². The van der Waals surface area contributed by atoms with Crippen molar-refractivity contribution in [2.75, 3.05) is 13.2 Å². The highest BCUT2D eigenvalue weighted by Gasteiger charge is 2.61. The Morgan fingerprint density at radius 2 is 1.71 bits per heavy atom. The van der Waals surface area contributed by atoms with E-state index >= 15 is 0 Å². The molecule has 0 radical (unpaired) electrons. The first-order valence-electron chi connectivity index (χ1n) is 13.0. The molecule has 1 saturated heterocycles. The number of fused-ring (bicyclic) bond motifs is 6. The molecular weight excluding hydrogens is 480 g/mol. The van der Waals surface area contributed by atoms with E-state index in [0.717, 1.165) is 41.3 Å². The van der Waals surface area contributed by atoms with Crippen molar-refractivity contribution in [3.8, 4) is 29.3 Å². The summed E-state index contributed by atoms with van der Waals surface area (Å²) in [7, 11) is 0. The zero-order valence-corrected chi connectivity index (χ0v) is 21.3. The van der Waals surface area contributed by atoms with Gasteiger partial charge in [-0.3, -0.25) is 4.57 Å². The van der Waals surface area contributed by atoms with Crippen molar-refractivity contribution in [3.63, 3.8) is 0 Å². The fourth-order valence-corrected chi connectivity index (χ4v) is 6.28. The first-order chi connectivity index (χ1) is 18.4. The Morgan fingerprint density at radius 3 is 2.45 bits per heavy atom. The van der Waals surface area contributed by atoms with E-state index in [1.165, 1.54) is 4.57 Å². The Kier molecular flexibility index (Phi) is 5.82. The molecule has 0 saturated carbocycles. The van der Waals surface area contributed by atoms with E-state index in [1.807, 2.05) is 55.5 Å². The maximum absolute atomic E-state index is 11.6. The van der Waals surface area contributed by atoms with Crippen LogP contribution < -0.4 is 4.74 Å². The van der Waals surface area contributed by atoms with Crippen LogP contribution in [0.3, 0.4) is 0 Å². The van der Waals surface area contributed by atoms with Gasteiger partial charge in [-0.15, -0.1) is 0 Å². The topological polar surface area (TPSA) is 108 Å². The molecule has 3 heterocycles. The van der Waals surface area contributed by atoms with E-state index in [9.17, 15) is 15.5 Å². The zero-order chi connectivity index (χ0) is 26.5. The van der Waals surface area contributed by atoms with E-state index in [4.69, 9.17) is 14.6 Å². The highest BCUT2D eigenvalue weighted by Crippen LogP contribution is 2.65. The number of rotatable bonds is 8. The molecule has 1 aromatic heterocycles. The van der Waals surface area contributed by atoms with Crippen LogP contribution in [0.5, 0.6) is 17.5 Å². The number of nitrogens with zero attached hydrogens (tertiary/aromatic N) is 2. The van der Waals surface area contributed by atoms with Crippen LogP contribution in [0.25, 0.3) is 16.5 Å². The van der Waals surface area contributed by atoms with E-state index in [0.29, 0.717) is 41.8 Å². The largest absolute Gasteiger partial charge is 0.494 e. The lowest BCUT2D eigenvalue weighted by Crippen LogP contribution is -2.25. The van der Waals surface area contributed by atoms with Crippen LogP contribution in [-0.2, 0) is 22.4 Å². The molecule has 2 bridgehead atoms. The van der Waals surface area contributed by atoms with Crippen molar-refractivity contribution < 1.29 is 24.8 Å². The number of aliphatic hydroxyl groups excluding tert-OH is 1. The second kappa shape index (κ2) is 9.09. The van der Waals surface area contributed by atoms with Crippen LogP contribution in [0.1, 0.15) is 54.9 Å². The average molecular weight is 511 g/mol. The Morgan fingerprint density at radius 1 is 0.974 bits per heavy atom. The van der Waals surface area contributed by atoms with Crippen molar-refractivity contribution in [2.24, 2.45) is 0 Å². The highest BCUT2D eigenvalue weighted by molar-refractivity contribution is 5.95. The molecule has 3 N–H and O–H groups in total. The molecule has 7 heteroatoms. The number of hydrogen-bond donors (Lipinski definition) is 3. The third-order valence-electron chi connectivity index (χ3n) is 8.12. The van der Waals surface area contributed by atoms with Gasteiger partial charge in [-0.05, 0) is 62.4 Å². The fourth-order valence-electron chi connectivity index (χ4n) is 6.28. The van der Waals surface area contributed by atoms with Gasteiger partial charge < -0.3 is 24.8 Å². The molecule has 4 aromatic rings. The van der Waals surface area contributed by atoms with Gasteiger partial charge in [0, 0.05) is 23.8 Å². The minimum atomic E-state index is -0.764. The molecule has 0 amide bonds. The summed E-state index contributed by atoms with van der Waals surface area (Å²) in [6.07, 6.45) is 3.52. The van der Waals surface area contributed by atoms with E-state index in [1.54, 1.807) is 12.1 Å². The second-order valence-corrected chi connectivity index (χ2v) is 10.4. The number of aliphatic hydroxyl groups is 1. The molecule has 0 spiro atoms. The first kappa shape index (κ1) is 24.4. The number of aryl methyl sites for hydroxylation is 1. The summed E-state index contributed by atoms with van der Waals surface area (Å²) in [5, 5.41) is 43.2. The van der Waals surface area contributed by atoms with Crippen LogP contribution in [0.4, 0.5) is 0 Å². The minimum Gasteiger partial charge on any atom is -0.494 e. The lowest BCUT2D eigenvalue weighted by molar-refractivity contribution is -0.0876. The molecule has 7 nitrogen and oxygen atoms in total. The van der Waals surface area contributed by atoms with Crippen molar-refractivity contribution in [1.82, 2.24) is 4.57 Å². The highest BCUT2D eigenvalue weighted by atomic mass is 16.5. The molecule has 2 aliphatic heterocycles. The van der Waals surface area contributed by atoms with Crippen LogP contribution in [0.2, 0.25) is 0 Å². The minimum absolute atomic E-state index is 0.0316. The summed E-state index contributed by atoms with van der Waals surface area (Å²) in [6, 6.07) is 21.1. The van der Waals surface area contributed by atoms with Gasteiger partial charge in [0.2, 0.25) is 11.8 Å². The summed E-state index contributed by atoms with van der Waals surface area (Å²) < 4.78 is 14.1. The van der Waals surface area contributed by atoms with Crippen LogP contribution in [0, 0.1) is 11.3 Å². The summed E-state index contributed by atoms with van der Waals surface area (Å²) >= 11 is 0.